The van der Waals surface area contributed by atoms with Gasteiger partial charge in [-0.1, -0.05) is 0 Å². The van der Waals surface area contributed by atoms with Crippen LogP contribution in [-0.2, 0) is 6.54 Å². The first-order valence-corrected chi connectivity index (χ1v) is 16.4. The Morgan fingerprint density at radius 3 is 2.28 bits per heavy atom. The van der Waals surface area contributed by atoms with Gasteiger partial charge < -0.3 is 35.1 Å². The van der Waals surface area contributed by atoms with E-state index in [1.165, 1.54) is 0 Å². The van der Waals surface area contributed by atoms with Crippen molar-refractivity contribution in [1.29, 1.82) is 0 Å². The zero-order chi connectivity index (χ0) is 34.5. The lowest BCUT2D eigenvalue weighted by molar-refractivity contribution is 0.0545. The number of carboxylic acid groups (broad SMARTS) is 1. The number of hydrogen-bond acceptors (Lipinski definition) is 7. The molecule has 0 radical (unpaired) electrons. The number of pyridine rings is 2. The number of aryl methyl sites for hydroxylation is 2. The molecule has 0 atom stereocenters. The summed E-state index contributed by atoms with van der Waals surface area (Å²) < 4.78 is 5.45. The SMILES string of the molecule is CCN(c1cc(-c2ccc(OCCO)nc2)cc(C(=O)NCc2c(C)cc(C)[nH]c2=O)c1C)[C@H]1CC[C@H](N(C(=O)O)C(C)(C)C)CC1. The molecular weight excluding hydrogens is 598 g/mol. The molecule has 1 aromatic carbocycles. The van der Waals surface area contributed by atoms with E-state index in [1.54, 1.807) is 17.2 Å². The molecule has 4 N–H and O–H groups in total. The van der Waals surface area contributed by atoms with Crippen molar-refractivity contribution in [3.8, 4) is 17.0 Å². The number of H-pyrrole nitrogens is 1. The second-order valence-electron chi connectivity index (χ2n) is 13.3. The molecule has 4 rings (SSSR count). The molecular formula is C36H49N5O6. The van der Waals surface area contributed by atoms with Gasteiger partial charge in [0.1, 0.15) is 6.61 Å². The van der Waals surface area contributed by atoms with Crippen LogP contribution in [0.15, 0.2) is 41.3 Å². The van der Waals surface area contributed by atoms with Gasteiger partial charge in [0.15, 0.2) is 0 Å². The molecule has 0 saturated heterocycles. The third-order valence-electron chi connectivity index (χ3n) is 9.01. The predicted octanol–water partition coefficient (Wildman–Crippen LogP) is 5.58. The molecule has 0 bridgehead atoms. The Balaban J connectivity index is 1.68. The van der Waals surface area contributed by atoms with E-state index < -0.39 is 11.6 Å². The zero-order valence-electron chi connectivity index (χ0n) is 28.6. The fraction of sp³-hybridized carbons (Fsp3) is 0.500. The predicted molar refractivity (Wildman–Crippen MR) is 183 cm³/mol. The molecule has 0 aliphatic heterocycles. The minimum Gasteiger partial charge on any atom is -0.475 e. The largest absolute Gasteiger partial charge is 0.475 e. The van der Waals surface area contributed by atoms with Crippen LogP contribution in [0.2, 0.25) is 0 Å². The number of anilines is 1. The Morgan fingerprint density at radius 2 is 1.72 bits per heavy atom. The Hall–Kier alpha value is -4.38. The summed E-state index contributed by atoms with van der Waals surface area (Å²) in [6.45, 7) is 14.3. The van der Waals surface area contributed by atoms with E-state index in [-0.39, 0.29) is 43.3 Å². The molecule has 11 nitrogen and oxygen atoms in total. The average molecular weight is 648 g/mol. The third kappa shape index (κ3) is 8.32. The number of carbonyl (C=O) groups excluding carboxylic acids is 1. The lowest BCUT2D eigenvalue weighted by Gasteiger charge is -2.45. The molecule has 1 aliphatic carbocycles. The molecule has 2 heterocycles. The number of hydrogen-bond donors (Lipinski definition) is 4. The monoisotopic (exact) mass is 647 g/mol. The van der Waals surface area contributed by atoms with Gasteiger partial charge in [0, 0.05) is 71.0 Å². The van der Waals surface area contributed by atoms with Gasteiger partial charge in [-0.05, 0) is 115 Å². The minimum atomic E-state index is -0.892. The summed E-state index contributed by atoms with van der Waals surface area (Å²) in [4.78, 5) is 49.8. The number of aliphatic hydroxyl groups excluding tert-OH is 1. The van der Waals surface area contributed by atoms with E-state index in [9.17, 15) is 19.5 Å². The number of ether oxygens (including phenoxy) is 1. The lowest BCUT2D eigenvalue weighted by atomic mass is 9.86. The smallest absolute Gasteiger partial charge is 0.407 e. The van der Waals surface area contributed by atoms with Crippen LogP contribution in [-0.4, -0.2) is 74.5 Å². The quantitative estimate of drug-likeness (QED) is 0.211. The number of benzene rings is 1. The molecule has 47 heavy (non-hydrogen) atoms. The van der Waals surface area contributed by atoms with Gasteiger partial charge in [0.25, 0.3) is 11.5 Å². The van der Waals surface area contributed by atoms with Crippen LogP contribution in [0.1, 0.15) is 86.1 Å². The Kier molecular flexibility index (Phi) is 11.3. The summed E-state index contributed by atoms with van der Waals surface area (Å²) in [7, 11) is 0. The molecule has 3 aromatic rings. The van der Waals surface area contributed by atoms with Gasteiger partial charge in [-0.3, -0.25) is 9.59 Å². The lowest BCUT2D eigenvalue weighted by Crippen LogP contribution is -2.53. The summed E-state index contributed by atoms with van der Waals surface area (Å²) in [6.07, 6.45) is 3.93. The van der Waals surface area contributed by atoms with Crippen LogP contribution in [0.4, 0.5) is 10.5 Å². The molecule has 11 heteroatoms. The Labute approximate surface area is 277 Å². The summed E-state index contributed by atoms with van der Waals surface area (Å²) in [5, 5.41) is 22.0. The van der Waals surface area contributed by atoms with Crippen LogP contribution < -0.4 is 20.5 Å². The van der Waals surface area contributed by atoms with Gasteiger partial charge in [0.2, 0.25) is 5.88 Å². The van der Waals surface area contributed by atoms with Crippen molar-refractivity contribution in [2.75, 3.05) is 24.7 Å². The molecule has 0 unspecified atom stereocenters. The third-order valence-corrected chi connectivity index (χ3v) is 9.01. The first-order chi connectivity index (χ1) is 22.2. The topological polar surface area (TPSA) is 148 Å². The highest BCUT2D eigenvalue weighted by Crippen LogP contribution is 2.37. The normalized spacial score (nSPS) is 16.4. The van der Waals surface area contributed by atoms with Crippen molar-refractivity contribution in [2.45, 2.75) is 98.3 Å². The molecule has 1 saturated carbocycles. The maximum Gasteiger partial charge on any atom is 0.407 e. The molecule has 0 spiro atoms. The number of rotatable bonds is 11. The van der Waals surface area contributed by atoms with Gasteiger partial charge in [0.05, 0.1) is 6.61 Å². The standard InChI is InChI=1S/C36H49N5O6/c1-8-40(27-10-12-28(13-11-27)41(35(45)46)36(5,6)7)31-19-26(25-9-14-32(37-20-25)47-16-15-42)18-29(24(31)4)33(43)38-21-30-22(2)17-23(3)39-34(30)44/h9,14,17-20,27-28,42H,8,10-13,15-16,21H2,1-7H3,(H,38,43)(H,39,44)(H,45,46)/t27-,28-. The maximum atomic E-state index is 13.8. The zero-order valence-corrected chi connectivity index (χ0v) is 28.6. The van der Waals surface area contributed by atoms with Crippen molar-refractivity contribution < 1.29 is 24.5 Å². The summed E-state index contributed by atoms with van der Waals surface area (Å²) >= 11 is 0. The molecule has 254 valence electrons. The van der Waals surface area contributed by atoms with Crippen LogP contribution in [0.3, 0.4) is 0 Å². The number of nitrogens with zero attached hydrogens (tertiary/aromatic N) is 3. The van der Waals surface area contributed by atoms with E-state index in [1.807, 2.05) is 59.7 Å². The highest BCUT2D eigenvalue weighted by Gasteiger charge is 2.37. The second kappa shape index (κ2) is 15.0. The van der Waals surface area contributed by atoms with Gasteiger partial charge in [-0.25, -0.2) is 9.78 Å². The van der Waals surface area contributed by atoms with Gasteiger partial charge in [-0.15, -0.1) is 0 Å². The van der Waals surface area contributed by atoms with Crippen molar-refractivity contribution in [1.82, 2.24) is 20.2 Å². The number of aromatic nitrogens is 2. The van der Waals surface area contributed by atoms with Crippen molar-refractivity contribution in [3.05, 3.63) is 74.8 Å². The average Bonchev–Trinajstić information content (AvgIpc) is 3.00. The number of carbonyl (C=O) groups is 2. The maximum absolute atomic E-state index is 13.8. The fourth-order valence-electron chi connectivity index (χ4n) is 6.80. The molecule has 2 aromatic heterocycles. The van der Waals surface area contributed by atoms with E-state index in [4.69, 9.17) is 9.84 Å². The Morgan fingerprint density at radius 1 is 1.04 bits per heavy atom. The van der Waals surface area contributed by atoms with E-state index >= 15 is 0 Å². The second-order valence-corrected chi connectivity index (χ2v) is 13.3. The van der Waals surface area contributed by atoms with Gasteiger partial charge >= 0.3 is 6.09 Å². The van der Waals surface area contributed by atoms with Crippen molar-refractivity contribution in [3.63, 3.8) is 0 Å². The molecule has 2 amide bonds. The number of nitrogens with one attached hydrogen (secondary N) is 2. The highest BCUT2D eigenvalue weighted by molar-refractivity contribution is 5.99. The van der Waals surface area contributed by atoms with E-state index in [0.717, 1.165) is 59.3 Å². The molecule has 1 fully saturated rings. The van der Waals surface area contributed by atoms with Crippen LogP contribution in [0.25, 0.3) is 11.1 Å². The first-order valence-electron chi connectivity index (χ1n) is 16.4. The van der Waals surface area contributed by atoms with Crippen LogP contribution in [0.5, 0.6) is 5.88 Å². The van der Waals surface area contributed by atoms with Crippen LogP contribution >= 0.6 is 0 Å². The van der Waals surface area contributed by atoms with Crippen molar-refractivity contribution in [2.24, 2.45) is 0 Å². The van der Waals surface area contributed by atoms with Gasteiger partial charge in [-0.2, -0.15) is 0 Å². The summed E-state index contributed by atoms with van der Waals surface area (Å²) in [5.41, 5.74) is 5.22. The van der Waals surface area contributed by atoms with Crippen molar-refractivity contribution >= 4 is 17.7 Å². The number of amides is 2. The number of aromatic amines is 1. The summed E-state index contributed by atoms with van der Waals surface area (Å²) in [5.74, 6) is 0.104. The fourth-order valence-corrected chi connectivity index (χ4v) is 6.80. The Bertz CT molecular complexity index is 1620. The number of aliphatic hydroxyl groups is 1. The minimum absolute atomic E-state index is 0.0535. The highest BCUT2D eigenvalue weighted by atomic mass is 16.5. The van der Waals surface area contributed by atoms with E-state index in [2.05, 4.69) is 33.2 Å². The van der Waals surface area contributed by atoms with E-state index in [0.29, 0.717) is 23.6 Å². The summed E-state index contributed by atoms with van der Waals surface area (Å²) in [6, 6.07) is 9.54. The van der Waals surface area contributed by atoms with Crippen LogP contribution in [0, 0.1) is 20.8 Å². The molecule has 1 aliphatic rings. The first kappa shape index (κ1) is 35.5.